The van der Waals surface area contributed by atoms with Crippen molar-refractivity contribution in [1.29, 1.82) is 0 Å². The second kappa shape index (κ2) is 3.32. The van der Waals surface area contributed by atoms with E-state index in [-0.39, 0.29) is 11.8 Å². The maximum Gasteiger partial charge on any atom is 0.458 e. The Kier molecular flexibility index (Phi) is 2.70. The first-order valence-electron chi connectivity index (χ1n) is 4.41. The molecule has 1 aliphatic carbocycles. The SMILES string of the molecule is CC1(C)C=CC(C(F)(F)C(F)(F)F)=CC1. The molecule has 0 radical (unpaired) electrons. The van der Waals surface area contributed by atoms with E-state index < -0.39 is 17.7 Å². The number of halogens is 5. The average molecular weight is 226 g/mol. The molecule has 5 heteroatoms. The molecule has 0 N–H and O–H groups in total. The Bertz CT molecular complexity index is 306. The van der Waals surface area contributed by atoms with Gasteiger partial charge in [-0.2, -0.15) is 22.0 Å². The molecule has 0 aromatic carbocycles. The normalized spacial score (nSPS) is 21.4. The summed E-state index contributed by atoms with van der Waals surface area (Å²) in [6.07, 6.45) is -2.15. The van der Waals surface area contributed by atoms with E-state index in [0.29, 0.717) is 0 Å². The summed E-state index contributed by atoms with van der Waals surface area (Å²) < 4.78 is 61.6. The van der Waals surface area contributed by atoms with Crippen molar-refractivity contribution in [2.75, 3.05) is 0 Å². The Morgan fingerprint density at radius 1 is 1.13 bits per heavy atom. The van der Waals surface area contributed by atoms with Gasteiger partial charge in [-0.05, 0) is 11.8 Å². The number of hydrogen-bond acceptors (Lipinski definition) is 0. The molecule has 0 bridgehead atoms. The molecule has 0 unspecified atom stereocenters. The van der Waals surface area contributed by atoms with E-state index >= 15 is 0 Å². The lowest BCUT2D eigenvalue weighted by Gasteiger charge is -2.27. The van der Waals surface area contributed by atoms with Crippen molar-refractivity contribution in [3.63, 3.8) is 0 Å². The highest BCUT2D eigenvalue weighted by Crippen LogP contribution is 2.44. The van der Waals surface area contributed by atoms with E-state index in [2.05, 4.69) is 0 Å². The van der Waals surface area contributed by atoms with Gasteiger partial charge in [0, 0.05) is 5.57 Å². The third-order valence-corrected chi connectivity index (χ3v) is 2.28. The maximum absolute atomic E-state index is 12.8. The van der Waals surface area contributed by atoms with Gasteiger partial charge in [-0.1, -0.05) is 32.1 Å². The maximum atomic E-state index is 12.8. The van der Waals surface area contributed by atoms with Crippen LogP contribution in [0.25, 0.3) is 0 Å². The van der Waals surface area contributed by atoms with Crippen molar-refractivity contribution < 1.29 is 22.0 Å². The Balaban J connectivity index is 2.94. The van der Waals surface area contributed by atoms with Crippen LogP contribution in [0.3, 0.4) is 0 Å². The van der Waals surface area contributed by atoms with Crippen molar-refractivity contribution in [3.8, 4) is 0 Å². The van der Waals surface area contributed by atoms with Crippen LogP contribution in [0.1, 0.15) is 20.3 Å². The zero-order chi connectivity index (χ0) is 11.9. The summed E-state index contributed by atoms with van der Waals surface area (Å²) in [5.74, 6) is -4.75. The summed E-state index contributed by atoms with van der Waals surface area (Å²) in [7, 11) is 0. The van der Waals surface area contributed by atoms with Crippen LogP contribution in [0.5, 0.6) is 0 Å². The fourth-order valence-electron chi connectivity index (χ4n) is 1.22. The van der Waals surface area contributed by atoms with Gasteiger partial charge in [0.2, 0.25) is 0 Å². The van der Waals surface area contributed by atoms with Gasteiger partial charge in [0.1, 0.15) is 0 Å². The summed E-state index contributed by atoms with van der Waals surface area (Å²) in [6.45, 7) is 3.53. The lowest BCUT2D eigenvalue weighted by Crippen LogP contribution is -2.38. The predicted molar refractivity (Wildman–Crippen MR) is 46.6 cm³/mol. The molecule has 0 amide bonds. The minimum atomic E-state index is -5.52. The molecule has 0 saturated heterocycles. The van der Waals surface area contributed by atoms with Gasteiger partial charge >= 0.3 is 12.1 Å². The fourth-order valence-corrected chi connectivity index (χ4v) is 1.22. The topological polar surface area (TPSA) is 0 Å². The third kappa shape index (κ3) is 2.38. The number of alkyl halides is 5. The van der Waals surface area contributed by atoms with Crippen LogP contribution in [-0.2, 0) is 0 Å². The van der Waals surface area contributed by atoms with E-state index in [1.807, 2.05) is 0 Å². The molecule has 0 aromatic heterocycles. The smallest absolute Gasteiger partial charge is 0.191 e. The third-order valence-electron chi connectivity index (χ3n) is 2.28. The molecule has 0 aromatic rings. The Labute approximate surface area is 84.5 Å². The highest BCUT2D eigenvalue weighted by Gasteiger charge is 2.59. The highest BCUT2D eigenvalue weighted by molar-refractivity contribution is 5.32. The first-order valence-corrected chi connectivity index (χ1v) is 4.41. The molecule has 0 atom stereocenters. The van der Waals surface area contributed by atoms with Gasteiger partial charge in [-0.3, -0.25) is 0 Å². The van der Waals surface area contributed by atoms with Crippen molar-refractivity contribution in [2.45, 2.75) is 32.4 Å². The van der Waals surface area contributed by atoms with Crippen molar-refractivity contribution in [3.05, 3.63) is 23.8 Å². The van der Waals surface area contributed by atoms with Gasteiger partial charge in [0.05, 0.1) is 0 Å². The van der Waals surface area contributed by atoms with Crippen LogP contribution < -0.4 is 0 Å². The molecule has 15 heavy (non-hydrogen) atoms. The molecule has 1 rings (SSSR count). The zero-order valence-corrected chi connectivity index (χ0v) is 8.33. The van der Waals surface area contributed by atoms with Crippen molar-refractivity contribution >= 4 is 0 Å². The Morgan fingerprint density at radius 2 is 1.67 bits per heavy atom. The first-order chi connectivity index (χ1) is 6.56. The number of rotatable bonds is 1. The van der Waals surface area contributed by atoms with Gasteiger partial charge in [0.25, 0.3) is 0 Å². The molecule has 0 nitrogen and oxygen atoms in total. The molecular weight excluding hydrogens is 215 g/mol. The van der Waals surface area contributed by atoms with E-state index in [1.54, 1.807) is 13.8 Å². The van der Waals surface area contributed by atoms with Gasteiger partial charge in [-0.25, -0.2) is 0 Å². The monoisotopic (exact) mass is 226 g/mol. The highest BCUT2D eigenvalue weighted by atomic mass is 19.4. The summed E-state index contributed by atoms with van der Waals surface area (Å²) in [4.78, 5) is 0. The molecule has 0 saturated carbocycles. The van der Waals surface area contributed by atoms with Crippen LogP contribution in [0.2, 0.25) is 0 Å². The van der Waals surface area contributed by atoms with Crippen LogP contribution in [0.15, 0.2) is 23.8 Å². The van der Waals surface area contributed by atoms with Crippen molar-refractivity contribution in [1.82, 2.24) is 0 Å². The minimum Gasteiger partial charge on any atom is -0.191 e. The van der Waals surface area contributed by atoms with Crippen LogP contribution in [0.4, 0.5) is 22.0 Å². The van der Waals surface area contributed by atoms with Gasteiger partial charge in [-0.15, -0.1) is 0 Å². The Hall–Kier alpha value is -0.870. The molecule has 0 aliphatic heterocycles. The largest absolute Gasteiger partial charge is 0.458 e. The van der Waals surface area contributed by atoms with E-state index in [1.165, 1.54) is 6.08 Å². The van der Waals surface area contributed by atoms with Crippen LogP contribution in [-0.4, -0.2) is 12.1 Å². The molecule has 0 fully saturated rings. The summed E-state index contributed by atoms with van der Waals surface area (Å²) in [5.41, 5.74) is -1.32. The standard InChI is InChI=1S/C10H11F5/c1-8(2)5-3-7(4-6-8)9(11,12)10(13,14)15/h3-5H,6H2,1-2H3. The number of hydrogen-bond donors (Lipinski definition) is 0. The summed E-state index contributed by atoms with van der Waals surface area (Å²) in [5, 5.41) is 0. The molecular formula is C10H11F5. The number of allylic oxidation sites excluding steroid dienone is 4. The molecule has 0 spiro atoms. The second-order valence-corrected chi connectivity index (χ2v) is 4.26. The van der Waals surface area contributed by atoms with Crippen molar-refractivity contribution in [2.24, 2.45) is 5.41 Å². The summed E-state index contributed by atoms with van der Waals surface area (Å²) in [6, 6.07) is 0. The predicted octanol–water partition coefficient (Wildman–Crippen LogP) is 4.10. The molecule has 0 heterocycles. The van der Waals surface area contributed by atoms with Gasteiger partial charge in [0.15, 0.2) is 0 Å². The van der Waals surface area contributed by atoms with Crippen LogP contribution >= 0.6 is 0 Å². The minimum absolute atomic E-state index is 0.185. The van der Waals surface area contributed by atoms with E-state index in [9.17, 15) is 22.0 Å². The Morgan fingerprint density at radius 3 is 2.00 bits per heavy atom. The molecule has 1 aliphatic rings. The fraction of sp³-hybridized carbons (Fsp3) is 0.600. The zero-order valence-electron chi connectivity index (χ0n) is 8.33. The lowest BCUT2D eigenvalue weighted by atomic mass is 9.83. The lowest BCUT2D eigenvalue weighted by molar-refractivity contribution is -0.263. The first kappa shape index (κ1) is 12.2. The van der Waals surface area contributed by atoms with Gasteiger partial charge < -0.3 is 0 Å². The van der Waals surface area contributed by atoms with Crippen LogP contribution in [0, 0.1) is 5.41 Å². The second-order valence-electron chi connectivity index (χ2n) is 4.26. The van der Waals surface area contributed by atoms with E-state index in [0.717, 1.165) is 12.2 Å². The van der Waals surface area contributed by atoms with E-state index in [4.69, 9.17) is 0 Å². The average Bonchev–Trinajstić information content (AvgIpc) is 2.01. The summed E-state index contributed by atoms with van der Waals surface area (Å²) >= 11 is 0. The molecule has 86 valence electrons. The quantitative estimate of drug-likeness (QED) is 0.590.